The van der Waals surface area contributed by atoms with E-state index in [-0.39, 0.29) is 30.9 Å². The molecule has 2 aromatic carbocycles. The first-order chi connectivity index (χ1) is 15.1. The van der Waals surface area contributed by atoms with Crippen molar-refractivity contribution in [1.82, 2.24) is 4.31 Å². The Bertz CT molecular complexity index is 1020. The molecule has 1 aliphatic heterocycles. The van der Waals surface area contributed by atoms with Gasteiger partial charge in [0.15, 0.2) is 17.1 Å². The van der Waals surface area contributed by atoms with Gasteiger partial charge in [-0.05, 0) is 44.4 Å². The zero-order chi connectivity index (χ0) is 23.4. The molecule has 1 fully saturated rings. The summed E-state index contributed by atoms with van der Waals surface area (Å²) in [6, 6.07) is 15.3. The lowest BCUT2D eigenvalue weighted by Gasteiger charge is -2.34. The first-order valence-electron chi connectivity index (χ1n) is 10.6. The Kier molecular flexibility index (Phi) is 7.43. The third kappa shape index (κ3) is 5.59. The second-order valence-electron chi connectivity index (χ2n) is 8.18. The number of hydrogen-bond acceptors (Lipinski definition) is 6. The molecule has 8 nitrogen and oxygen atoms in total. The third-order valence-electron chi connectivity index (χ3n) is 5.35. The van der Waals surface area contributed by atoms with Gasteiger partial charge in [-0.1, -0.05) is 42.5 Å². The van der Waals surface area contributed by atoms with Crippen LogP contribution in [0, 0.1) is 0 Å². The number of carbonyl (C=O) groups excluding carboxylic acids is 1. The molecule has 1 aliphatic rings. The molecule has 9 heteroatoms. The molecule has 1 unspecified atom stereocenters. The van der Waals surface area contributed by atoms with Gasteiger partial charge in [-0.15, -0.1) is 0 Å². The first kappa shape index (κ1) is 24.0. The predicted octanol–water partition coefficient (Wildman–Crippen LogP) is 2.02. The first-order valence-corrected chi connectivity index (χ1v) is 12.2. The molecule has 0 saturated carbocycles. The molecule has 0 radical (unpaired) electrons. The standard InChI is InChI=1S/C23H30N2O6S/c1-17(2)30-20-10-6-7-11-21(20)31-19-12-14-25(15-13-19)32(28,29)16-23(27,22(24)26)18-8-4-3-5-9-18/h3-11,17,19,27H,12-16H2,1-2H3,(H2,24,26). The zero-order valence-corrected chi connectivity index (χ0v) is 19.1. The number of nitrogens with zero attached hydrogens (tertiary/aromatic N) is 1. The Morgan fingerprint density at radius 3 is 2.22 bits per heavy atom. The molecule has 32 heavy (non-hydrogen) atoms. The van der Waals surface area contributed by atoms with E-state index in [1.807, 2.05) is 38.1 Å². The summed E-state index contributed by atoms with van der Waals surface area (Å²) in [5.41, 5.74) is 3.24. The second-order valence-corrected chi connectivity index (χ2v) is 10.1. The number of amides is 1. The van der Waals surface area contributed by atoms with E-state index in [1.54, 1.807) is 18.2 Å². The van der Waals surface area contributed by atoms with E-state index in [0.717, 1.165) is 0 Å². The Balaban J connectivity index is 1.66. The molecule has 1 saturated heterocycles. The highest BCUT2D eigenvalue weighted by atomic mass is 32.2. The monoisotopic (exact) mass is 462 g/mol. The molecule has 2 aromatic rings. The summed E-state index contributed by atoms with van der Waals surface area (Å²) < 4.78 is 39.2. The van der Waals surface area contributed by atoms with Crippen LogP contribution in [0.1, 0.15) is 32.3 Å². The largest absolute Gasteiger partial charge is 0.487 e. The number of sulfonamides is 1. The Morgan fingerprint density at radius 2 is 1.66 bits per heavy atom. The van der Waals surface area contributed by atoms with Gasteiger partial charge in [-0.2, -0.15) is 0 Å². The number of rotatable bonds is 9. The number of hydrogen-bond donors (Lipinski definition) is 2. The number of para-hydroxylation sites is 2. The van der Waals surface area contributed by atoms with Crippen molar-refractivity contribution in [3.8, 4) is 11.5 Å². The van der Waals surface area contributed by atoms with Crippen molar-refractivity contribution in [2.45, 2.75) is 44.5 Å². The Hall–Kier alpha value is -2.62. The molecule has 0 aliphatic carbocycles. The molecule has 3 rings (SSSR count). The van der Waals surface area contributed by atoms with Crippen LogP contribution < -0.4 is 15.2 Å². The lowest BCUT2D eigenvalue weighted by molar-refractivity contribution is -0.135. The van der Waals surface area contributed by atoms with Crippen molar-refractivity contribution in [3.63, 3.8) is 0 Å². The molecular weight excluding hydrogens is 432 g/mol. The highest BCUT2D eigenvalue weighted by Crippen LogP contribution is 2.31. The topological polar surface area (TPSA) is 119 Å². The summed E-state index contributed by atoms with van der Waals surface area (Å²) in [4.78, 5) is 12.0. The van der Waals surface area contributed by atoms with Gasteiger partial charge in [0.05, 0.1) is 6.10 Å². The number of nitrogens with two attached hydrogens (primary N) is 1. The highest BCUT2D eigenvalue weighted by Gasteiger charge is 2.43. The molecular formula is C23H30N2O6S. The smallest absolute Gasteiger partial charge is 0.255 e. The van der Waals surface area contributed by atoms with E-state index in [4.69, 9.17) is 15.2 Å². The Labute approximate surface area is 189 Å². The molecule has 1 atom stereocenters. The van der Waals surface area contributed by atoms with Crippen LogP contribution in [0.15, 0.2) is 54.6 Å². The van der Waals surface area contributed by atoms with Crippen LogP contribution in [-0.2, 0) is 20.4 Å². The van der Waals surface area contributed by atoms with E-state index in [2.05, 4.69) is 0 Å². The van der Waals surface area contributed by atoms with Gasteiger partial charge in [-0.3, -0.25) is 4.79 Å². The van der Waals surface area contributed by atoms with E-state index in [9.17, 15) is 18.3 Å². The van der Waals surface area contributed by atoms with Gasteiger partial charge in [0.2, 0.25) is 10.0 Å². The van der Waals surface area contributed by atoms with Crippen LogP contribution in [0.2, 0.25) is 0 Å². The minimum atomic E-state index is -3.95. The van der Waals surface area contributed by atoms with Gasteiger partial charge in [0.25, 0.3) is 5.91 Å². The maximum atomic E-state index is 13.0. The van der Waals surface area contributed by atoms with Crippen molar-refractivity contribution in [2.24, 2.45) is 5.73 Å². The average molecular weight is 463 g/mol. The maximum Gasteiger partial charge on any atom is 0.255 e. The SMILES string of the molecule is CC(C)Oc1ccccc1OC1CCN(S(=O)(=O)CC(O)(C(N)=O)c2ccccc2)CC1. The average Bonchev–Trinajstić information content (AvgIpc) is 2.75. The third-order valence-corrected chi connectivity index (χ3v) is 7.28. The van der Waals surface area contributed by atoms with E-state index in [0.29, 0.717) is 24.3 Å². The van der Waals surface area contributed by atoms with Crippen molar-refractivity contribution >= 4 is 15.9 Å². The minimum absolute atomic E-state index is 0.000332. The minimum Gasteiger partial charge on any atom is -0.487 e. The summed E-state index contributed by atoms with van der Waals surface area (Å²) in [6.45, 7) is 4.29. The summed E-state index contributed by atoms with van der Waals surface area (Å²) in [7, 11) is -3.95. The number of benzene rings is 2. The van der Waals surface area contributed by atoms with Crippen LogP contribution in [0.3, 0.4) is 0 Å². The van der Waals surface area contributed by atoms with Crippen molar-refractivity contribution in [3.05, 3.63) is 60.2 Å². The summed E-state index contributed by atoms with van der Waals surface area (Å²) in [5.74, 6) is -0.649. The summed E-state index contributed by atoms with van der Waals surface area (Å²) in [6.07, 6.45) is 0.758. The van der Waals surface area contributed by atoms with Gasteiger partial charge in [0, 0.05) is 13.1 Å². The number of piperidine rings is 1. The van der Waals surface area contributed by atoms with E-state index < -0.39 is 27.3 Å². The fourth-order valence-corrected chi connectivity index (χ4v) is 5.46. The van der Waals surface area contributed by atoms with E-state index in [1.165, 1.54) is 16.4 Å². The van der Waals surface area contributed by atoms with E-state index >= 15 is 0 Å². The normalized spacial score (nSPS) is 17.6. The number of aliphatic hydroxyl groups is 1. The van der Waals surface area contributed by atoms with Crippen LogP contribution in [-0.4, -0.2) is 54.8 Å². The maximum absolute atomic E-state index is 13.0. The van der Waals surface area contributed by atoms with Crippen LogP contribution in [0.5, 0.6) is 11.5 Å². The second kappa shape index (κ2) is 9.89. The molecule has 0 spiro atoms. The van der Waals surface area contributed by atoms with Gasteiger partial charge in [-0.25, -0.2) is 12.7 Å². The van der Waals surface area contributed by atoms with Crippen molar-refractivity contribution < 1.29 is 27.8 Å². The molecule has 1 amide bonds. The lowest BCUT2D eigenvalue weighted by Crippen LogP contribution is -2.51. The Morgan fingerprint density at radius 1 is 1.09 bits per heavy atom. The fraction of sp³-hybridized carbons (Fsp3) is 0.435. The summed E-state index contributed by atoms with van der Waals surface area (Å²) in [5, 5.41) is 10.9. The quantitative estimate of drug-likeness (QED) is 0.588. The zero-order valence-electron chi connectivity index (χ0n) is 18.3. The van der Waals surface area contributed by atoms with Crippen molar-refractivity contribution in [2.75, 3.05) is 18.8 Å². The molecule has 3 N–H and O–H groups in total. The number of ether oxygens (including phenoxy) is 2. The van der Waals surface area contributed by atoms with Gasteiger partial charge < -0.3 is 20.3 Å². The molecule has 1 heterocycles. The van der Waals surface area contributed by atoms with Crippen LogP contribution in [0.4, 0.5) is 0 Å². The summed E-state index contributed by atoms with van der Waals surface area (Å²) >= 11 is 0. The van der Waals surface area contributed by atoms with Crippen LogP contribution in [0.25, 0.3) is 0 Å². The fourth-order valence-electron chi connectivity index (χ4n) is 3.67. The highest BCUT2D eigenvalue weighted by molar-refractivity contribution is 7.89. The molecule has 0 aromatic heterocycles. The molecule has 0 bridgehead atoms. The van der Waals surface area contributed by atoms with Gasteiger partial charge in [0.1, 0.15) is 11.9 Å². The number of primary amides is 1. The lowest BCUT2D eigenvalue weighted by atomic mass is 9.95. The number of carbonyl (C=O) groups is 1. The van der Waals surface area contributed by atoms with Crippen molar-refractivity contribution in [1.29, 1.82) is 0 Å². The van der Waals surface area contributed by atoms with Gasteiger partial charge >= 0.3 is 0 Å². The predicted molar refractivity (Wildman–Crippen MR) is 121 cm³/mol. The molecule has 174 valence electrons. The van der Waals surface area contributed by atoms with Crippen LogP contribution >= 0.6 is 0 Å².